The third-order valence-electron chi connectivity index (χ3n) is 2.91. The number of aryl methyl sites for hydroxylation is 1. The molecule has 1 fully saturated rings. The number of rotatable bonds is 2. The summed E-state index contributed by atoms with van der Waals surface area (Å²) in [4.78, 5) is 2.12. The summed E-state index contributed by atoms with van der Waals surface area (Å²) in [5.41, 5.74) is 0. The summed E-state index contributed by atoms with van der Waals surface area (Å²) < 4.78 is 11.2. The van der Waals surface area contributed by atoms with Crippen LogP contribution < -0.4 is 0 Å². The minimum absolute atomic E-state index is 0.0433. The monoisotopic (exact) mass is 220 g/mol. The predicted octanol–water partition coefficient (Wildman–Crippen LogP) is 1.87. The minimum Gasteiger partial charge on any atom is -0.464 e. The van der Waals surface area contributed by atoms with E-state index in [1.54, 1.807) is 0 Å². The van der Waals surface area contributed by atoms with Crippen LogP contribution in [0.15, 0.2) is 16.5 Å². The number of furan rings is 1. The molecule has 4 nitrogen and oxygen atoms in total. The van der Waals surface area contributed by atoms with Gasteiger partial charge in [-0.1, -0.05) is 0 Å². The fraction of sp³-hybridized carbons (Fsp3) is 0.583. The van der Waals surface area contributed by atoms with Gasteiger partial charge in [0, 0.05) is 13.1 Å². The van der Waals surface area contributed by atoms with E-state index in [0.717, 1.165) is 24.6 Å². The molecule has 1 aromatic heterocycles. The van der Waals surface area contributed by atoms with Gasteiger partial charge < -0.3 is 9.15 Å². The maximum absolute atomic E-state index is 8.89. The first-order chi connectivity index (χ1) is 7.70. The SMILES string of the molecule is Cc1ccc([C@H]2CN([C@H](C)C#N)CCO2)o1. The largest absolute Gasteiger partial charge is 0.464 e. The number of nitrogens with zero attached hydrogens (tertiary/aromatic N) is 2. The third kappa shape index (κ3) is 2.26. The molecular formula is C12H16N2O2. The van der Waals surface area contributed by atoms with Crippen molar-refractivity contribution in [3.8, 4) is 6.07 Å². The van der Waals surface area contributed by atoms with Gasteiger partial charge in [-0.25, -0.2) is 0 Å². The Hall–Kier alpha value is -1.31. The first-order valence-corrected chi connectivity index (χ1v) is 5.52. The molecule has 0 bridgehead atoms. The molecule has 2 rings (SSSR count). The van der Waals surface area contributed by atoms with Gasteiger partial charge in [0.25, 0.3) is 0 Å². The van der Waals surface area contributed by atoms with Gasteiger partial charge in [0.15, 0.2) is 0 Å². The fourth-order valence-electron chi connectivity index (χ4n) is 1.90. The lowest BCUT2D eigenvalue weighted by molar-refractivity contribution is -0.0457. The average Bonchev–Trinajstić information content (AvgIpc) is 2.75. The van der Waals surface area contributed by atoms with Crippen LogP contribution >= 0.6 is 0 Å². The Morgan fingerprint density at radius 3 is 3.00 bits per heavy atom. The molecule has 4 heteroatoms. The van der Waals surface area contributed by atoms with Crippen molar-refractivity contribution in [2.24, 2.45) is 0 Å². The second kappa shape index (κ2) is 4.69. The first kappa shape index (κ1) is 11.2. The van der Waals surface area contributed by atoms with E-state index in [4.69, 9.17) is 14.4 Å². The lowest BCUT2D eigenvalue weighted by Gasteiger charge is -2.33. The van der Waals surface area contributed by atoms with Gasteiger partial charge in [-0.2, -0.15) is 5.26 Å². The zero-order valence-corrected chi connectivity index (χ0v) is 9.64. The number of nitriles is 1. The molecule has 0 spiro atoms. The number of hydrogen-bond acceptors (Lipinski definition) is 4. The van der Waals surface area contributed by atoms with Crippen LogP contribution in [0.3, 0.4) is 0 Å². The van der Waals surface area contributed by atoms with Crippen LogP contribution in [0.1, 0.15) is 24.5 Å². The van der Waals surface area contributed by atoms with Gasteiger partial charge in [-0.3, -0.25) is 4.90 Å². The van der Waals surface area contributed by atoms with Gasteiger partial charge in [0.05, 0.1) is 18.7 Å². The van der Waals surface area contributed by atoms with Gasteiger partial charge in [-0.15, -0.1) is 0 Å². The Bertz CT molecular complexity index is 394. The standard InChI is InChI=1S/C12H16N2O2/c1-9(7-13)14-5-6-15-12(8-14)11-4-3-10(2)16-11/h3-4,9,12H,5-6,8H2,1-2H3/t9-,12-/m1/s1. The van der Waals surface area contributed by atoms with Crippen molar-refractivity contribution < 1.29 is 9.15 Å². The van der Waals surface area contributed by atoms with E-state index in [1.807, 2.05) is 26.0 Å². The summed E-state index contributed by atoms with van der Waals surface area (Å²) in [6, 6.07) is 6.07. The molecule has 0 aliphatic carbocycles. The summed E-state index contributed by atoms with van der Waals surface area (Å²) in [5.74, 6) is 1.75. The summed E-state index contributed by atoms with van der Waals surface area (Å²) >= 11 is 0. The van der Waals surface area contributed by atoms with E-state index >= 15 is 0 Å². The van der Waals surface area contributed by atoms with Crippen LogP contribution in [0.5, 0.6) is 0 Å². The molecule has 2 atom stereocenters. The highest BCUT2D eigenvalue weighted by atomic mass is 16.5. The summed E-state index contributed by atoms with van der Waals surface area (Å²) in [7, 11) is 0. The number of ether oxygens (including phenoxy) is 1. The van der Waals surface area contributed by atoms with E-state index in [0.29, 0.717) is 6.61 Å². The quantitative estimate of drug-likeness (QED) is 0.763. The molecule has 1 saturated heterocycles. The molecule has 0 amide bonds. The van der Waals surface area contributed by atoms with Gasteiger partial charge in [-0.05, 0) is 26.0 Å². The van der Waals surface area contributed by atoms with Crippen molar-refractivity contribution in [1.82, 2.24) is 4.90 Å². The molecular weight excluding hydrogens is 204 g/mol. The molecule has 0 unspecified atom stereocenters. The Kier molecular flexibility index (Phi) is 3.28. The molecule has 2 heterocycles. The normalized spacial score (nSPS) is 23.9. The Balaban J connectivity index is 2.05. The first-order valence-electron chi connectivity index (χ1n) is 5.52. The van der Waals surface area contributed by atoms with E-state index in [9.17, 15) is 0 Å². The fourth-order valence-corrected chi connectivity index (χ4v) is 1.90. The van der Waals surface area contributed by atoms with Crippen molar-refractivity contribution in [2.75, 3.05) is 19.7 Å². The molecule has 86 valence electrons. The zero-order valence-electron chi connectivity index (χ0n) is 9.64. The van der Waals surface area contributed by atoms with E-state index in [-0.39, 0.29) is 12.1 Å². The summed E-state index contributed by atoms with van der Waals surface area (Å²) in [6.45, 7) is 6.01. The van der Waals surface area contributed by atoms with Crippen LogP contribution in [-0.4, -0.2) is 30.6 Å². The number of morpholine rings is 1. The van der Waals surface area contributed by atoms with E-state index < -0.39 is 0 Å². The highest BCUT2D eigenvalue weighted by molar-refractivity contribution is 5.09. The molecule has 0 radical (unpaired) electrons. The van der Waals surface area contributed by atoms with Crippen LogP contribution in [0.25, 0.3) is 0 Å². The van der Waals surface area contributed by atoms with Gasteiger partial charge in [0.1, 0.15) is 17.6 Å². The van der Waals surface area contributed by atoms with Crippen molar-refractivity contribution >= 4 is 0 Å². The minimum atomic E-state index is -0.0672. The lowest BCUT2D eigenvalue weighted by atomic mass is 10.2. The number of hydrogen-bond donors (Lipinski definition) is 0. The van der Waals surface area contributed by atoms with E-state index in [1.165, 1.54) is 0 Å². The van der Waals surface area contributed by atoms with Crippen LogP contribution in [0.4, 0.5) is 0 Å². The molecule has 0 N–H and O–H groups in total. The lowest BCUT2D eigenvalue weighted by Crippen LogP contribution is -2.42. The van der Waals surface area contributed by atoms with Crippen molar-refractivity contribution in [2.45, 2.75) is 26.0 Å². The van der Waals surface area contributed by atoms with Crippen molar-refractivity contribution in [1.29, 1.82) is 5.26 Å². The smallest absolute Gasteiger partial charge is 0.134 e. The second-order valence-corrected chi connectivity index (χ2v) is 4.11. The third-order valence-corrected chi connectivity index (χ3v) is 2.91. The van der Waals surface area contributed by atoms with Gasteiger partial charge in [0.2, 0.25) is 0 Å². The van der Waals surface area contributed by atoms with Crippen LogP contribution in [-0.2, 0) is 4.74 Å². The molecule has 16 heavy (non-hydrogen) atoms. The Morgan fingerprint density at radius 2 is 2.38 bits per heavy atom. The van der Waals surface area contributed by atoms with Crippen molar-refractivity contribution in [3.63, 3.8) is 0 Å². The average molecular weight is 220 g/mol. The highest BCUT2D eigenvalue weighted by Gasteiger charge is 2.26. The Labute approximate surface area is 95.4 Å². The maximum atomic E-state index is 8.89. The van der Waals surface area contributed by atoms with Crippen LogP contribution in [0, 0.1) is 18.3 Å². The summed E-state index contributed by atoms with van der Waals surface area (Å²) in [5, 5.41) is 8.89. The molecule has 0 aromatic carbocycles. The second-order valence-electron chi connectivity index (χ2n) is 4.11. The van der Waals surface area contributed by atoms with Crippen molar-refractivity contribution in [3.05, 3.63) is 23.7 Å². The van der Waals surface area contributed by atoms with Crippen LogP contribution in [0.2, 0.25) is 0 Å². The topological polar surface area (TPSA) is 49.4 Å². The molecule has 0 saturated carbocycles. The molecule has 1 aliphatic rings. The van der Waals surface area contributed by atoms with Gasteiger partial charge >= 0.3 is 0 Å². The highest BCUT2D eigenvalue weighted by Crippen LogP contribution is 2.24. The molecule has 1 aliphatic heterocycles. The molecule has 1 aromatic rings. The zero-order chi connectivity index (χ0) is 11.5. The maximum Gasteiger partial charge on any atom is 0.134 e. The van der Waals surface area contributed by atoms with E-state index in [2.05, 4.69) is 11.0 Å². The summed E-state index contributed by atoms with van der Waals surface area (Å²) in [6.07, 6.45) is -0.0433. The predicted molar refractivity (Wildman–Crippen MR) is 58.8 cm³/mol. The Morgan fingerprint density at radius 1 is 1.56 bits per heavy atom.